The molecule has 0 aliphatic carbocycles. The molecule has 14 heavy (non-hydrogen) atoms. The van der Waals surface area contributed by atoms with Gasteiger partial charge in [-0.05, 0) is 25.8 Å². The Morgan fingerprint density at radius 2 is 2.00 bits per heavy atom. The van der Waals surface area contributed by atoms with Crippen LogP contribution in [-0.2, 0) is 4.79 Å². The van der Waals surface area contributed by atoms with Crippen LogP contribution in [-0.4, -0.2) is 46.3 Å². The van der Waals surface area contributed by atoms with Crippen LogP contribution in [0.4, 0.5) is 0 Å². The molecule has 0 aromatic rings. The maximum absolute atomic E-state index is 10.4. The fourth-order valence-corrected chi connectivity index (χ4v) is 1.88. The summed E-state index contributed by atoms with van der Waals surface area (Å²) in [6, 6.07) is 0. The van der Waals surface area contributed by atoms with Gasteiger partial charge >= 0.3 is 5.97 Å². The molecule has 1 aliphatic heterocycles. The van der Waals surface area contributed by atoms with Crippen molar-refractivity contribution >= 4 is 5.97 Å². The summed E-state index contributed by atoms with van der Waals surface area (Å²) in [5.74, 6) is -0.823. The van der Waals surface area contributed by atoms with Gasteiger partial charge in [0.05, 0.1) is 5.60 Å². The van der Waals surface area contributed by atoms with Crippen LogP contribution < -0.4 is 0 Å². The minimum atomic E-state index is -0.823. The van der Waals surface area contributed by atoms with Crippen molar-refractivity contribution in [1.29, 1.82) is 0 Å². The van der Waals surface area contributed by atoms with Gasteiger partial charge in [0.15, 0.2) is 0 Å². The number of aliphatic carboxylic acids is 1. The van der Waals surface area contributed by atoms with E-state index in [0.717, 1.165) is 19.6 Å². The van der Waals surface area contributed by atoms with Gasteiger partial charge in [0.1, 0.15) is 0 Å². The van der Waals surface area contributed by atoms with Crippen LogP contribution >= 0.6 is 0 Å². The first-order chi connectivity index (χ1) is 6.56. The second-order valence-corrected chi connectivity index (χ2v) is 4.05. The van der Waals surface area contributed by atoms with Gasteiger partial charge in [-0.1, -0.05) is 6.92 Å². The predicted octanol–water partition coefficient (Wildman–Crippen LogP) is 0.698. The fourth-order valence-electron chi connectivity index (χ4n) is 1.88. The lowest BCUT2D eigenvalue weighted by molar-refractivity contribution is -0.139. The number of piperidine rings is 1. The van der Waals surface area contributed by atoms with E-state index < -0.39 is 11.6 Å². The Morgan fingerprint density at radius 3 is 2.43 bits per heavy atom. The van der Waals surface area contributed by atoms with E-state index in [1.54, 1.807) is 0 Å². The van der Waals surface area contributed by atoms with Gasteiger partial charge in [-0.15, -0.1) is 0 Å². The number of carboxylic acids is 1. The molecular formula is C10H19NO3. The number of carboxylic acid groups (broad SMARTS) is 1. The maximum atomic E-state index is 10.4. The van der Waals surface area contributed by atoms with Gasteiger partial charge in [-0.2, -0.15) is 0 Å². The number of rotatable bonds is 4. The zero-order chi connectivity index (χ0) is 10.6. The molecule has 0 unspecified atom stereocenters. The minimum absolute atomic E-state index is 0.0720. The Hall–Kier alpha value is -0.610. The SMILES string of the molecule is CCN1CCC(O)(CCC(=O)O)CC1. The average molecular weight is 201 g/mol. The third kappa shape index (κ3) is 3.27. The molecule has 2 N–H and O–H groups in total. The van der Waals surface area contributed by atoms with E-state index in [1.807, 2.05) is 0 Å². The van der Waals surface area contributed by atoms with Gasteiger partial charge in [0.2, 0.25) is 0 Å². The Kier molecular flexibility index (Phi) is 3.89. The van der Waals surface area contributed by atoms with Gasteiger partial charge in [-0.3, -0.25) is 4.79 Å². The van der Waals surface area contributed by atoms with Crippen molar-refractivity contribution in [2.75, 3.05) is 19.6 Å². The first-order valence-electron chi connectivity index (χ1n) is 5.22. The molecule has 0 aromatic heterocycles. The van der Waals surface area contributed by atoms with Crippen molar-refractivity contribution in [2.45, 2.75) is 38.2 Å². The van der Waals surface area contributed by atoms with Crippen LogP contribution in [0.1, 0.15) is 32.6 Å². The molecule has 1 saturated heterocycles. The number of aliphatic hydroxyl groups is 1. The van der Waals surface area contributed by atoms with Gasteiger partial charge in [-0.25, -0.2) is 0 Å². The van der Waals surface area contributed by atoms with Crippen molar-refractivity contribution in [3.05, 3.63) is 0 Å². The van der Waals surface area contributed by atoms with E-state index in [4.69, 9.17) is 5.11 Å². The highest BCUT2D eigenvalue weighted by Gasteiger charge is 2.31. The van der Waals surface area contributed by atoms with E-state index >= 15 is 0 Å². The third-order valence-electron chi connectivity index (χ3n) is 3.04. The van der Waals surface area contributed by atoms with Crippen molar-refractivity contribution in [2.24, 2.45) is 0 Å². The van der Waals surface area contributed by atoms with Gasteiger partial charge in [0.25, 0.3) is 0 Å². The molecule has 4 heteroatoms. The number of hydrogen-bond acceptors (Lipinski definition) is 3. The summed E-state index contributed by atoms with van der Waals surface area (Å²) in [5, 5.41) is 18.6. The highest BCUT2D eigenvalue weighted by atomic mass is 16.4. The monoisotopic (exact) mass is 201 g/mol. The van der Waals surface area contributed by atoms with Crippen LogP contribution in [0, 0.1) is 0 Å². The first kappa shape index (κ1) is 11.5. The summed E-state index contributed by atoms with van der Waals surface area (Å²) in [6.07, 6.45) is 1.87. The lowest BCUT2D eigenvalue weighted by atomic mass is 9.87. The maximum Gasteiger partial charge on any atom is 0.303 e. The molecule has 0 spiro atoms. The molecular weight excluding hydrogens is 182 g/mol. The molecule has 0 aromatic carbocycles. The lowest BCUT2D eigenvalue weighted by Crippen LogP contribution is -2.44. The Bertz CT molecular complexity index is 198. The van der Waals surface area contributed by atoms with E-state index in [0.29, 0.717) is 19.3 Å². The summed E-state index contributed by atoms with van der Waals surface area (Å²) < 4.78 is 0. The molecule has 4 nitrogen and oxygen atoms in total. The molecule has 0 saturated carbocycles. The highest BCUT2D eigenvalue weighted by Crippen LogP contribution is 2.26. The van der Waals surface area contributed by atoms with Crippen LogP contribution in [0.5, 0.6) is 0 Å². The number of likely N-dealkylation sites (tertiary alicyclic amines) is 1. The van der Waals surface area contributed by atoms with E-state index in [-0.39, 0.29) is 6.42 Å². The van der Waals surface area contributed by atoms with Gasteiger partial charge < -0.3 is 15.1 Å². The van der Waals surface area contributed by atoms with Crippen LogP contribution in [0.25, 0.3) is 0 Å². The van der Waals surface area contributed by atoms with Crippen molar-refractivity contribution < 1.29 is 15.0 Å². The molecule has 1 rings (SSSR count). The van der Waals surface area contributed by atoms with E-state index in [1.165, 1.54) is 0 Å². The standard InChI is InChI=1S/C10H19NO3/c1-2-11-7-5-10(14,6-8-11)4-3-9(12)13/h14H,2-8H2,1H3,(H,12,13). The van der Waals surface area contributed by atoms with Crippen LogP contribution in [0.15, 0.2) is 0 Å². The molecule has 0 amide bonds. The smallest absolute Gasteiger partial charge is 0.303 e. The van der Waals surface area contributed by atoms with E-state index in [2.05, 4.69) is 11.8 Å². The molecule has 0 bridgehead atoms. The molecule has 82 valence electrons. The second-order valence-electron chi connectivity index (χ2n) is 4.05. The van der Waals surface area contributed by atoms with Crippen LogP contribution in [0.2, 0.25) is 0 Å². The molecule has 1 aliphatic rings. The summed E-state index contributed by atoms with van der Waals surface area (Å²) in [5.41, 5.74) is -0.732. The number of nitrogens with zero attached hydrogens (tertiary/aromatic N) is 1. The largest absolute Gasteiger partial charge is 0.481 e. The minimum Gasteiger partial charge on any atom is -0.481 e. The highest BCUT2D eigenvalue weighted by molar-refractivity contribution is 5.66. The Morgan fingerprint density at radius 1 is 1.43 bits per heavy atom. The predicted molar refractivity (Wildman–Crippen MR) is 53.2 cm³/mol. The average Bonchev–Trinajstić information content (AvgIpc) is 2.16. The number of hydrogen-bond donors (Lipinski definition) is 2. The summed E-state index contributed by atoms with van der Waals surface area (Å²) in [4.78, 5) is 12.7. The zero-order valence-corrected chi connectivity index (χ0v) is 8.70. The summed E-state index contributed by atoms with van der Waals surface area (Å²) >= 11 is 0. The molecule has 1 fully saturated rings. The Balaban J connectivity index is 2.33. The fraction of sp³-hybridized carbons (Fsp3) is 0.900. The summed E-state index contributed by atoms with van der Waals surface area (Å²) in [7, 11) is 0. The molecule has 0 radical (unpaired) electrons. The summed E-state index contributed by atoms with van der Waals surface area (Å²) in [6.45, 7) is 4.87. The Labute approximate surface area is 84.5 Å². The quantitative estimate of drug-likeness (QED) is 0.703. The lowest BCUT2D eigenvalue weighted by Gasteiger charge is -2.37. The van der Waals surface area contributed by atoms with Crippen LogP contribution in [0.3, 0.4) is 0 Å². The molecule has 0 atom stereocenters. The first-order valence-corrected chi connectivity index (χ1v) is 5.22. The number of carbonyl (C=O) groups is 1. The topological polar surface area (TPSA) is 60.8 Å². The van der Waals surface area contributed by atoms with E-state index in [9.17, 15) is 9.90 Å². The third-order valence-corrected chi connectivity index (χ3v) is 3.04. The van der Waals surface area contributed by atoms with Crippen molar-refractivity contribution in [1.82, 2.24) is 4.90 Å². The van der Waals surface area contributed by atoms with Crippen molar-refractivity contribution in [3.8, 4) is 0 Å². The van der Waals surface area contributed by atoms with Crippen molar-refractivity contribution in [3.63, 3.8) is 0 Å². The zero-order valence-electron chi connectivity index (χ0n) is 8.70. The van der Waals surface area contributed by atoms with Gasteiger partial charge in [0, 0.05) is 19.5 Å². The second kappa shape index (κ2) is 4.75. The molecule has 1 heterocycles. The normalized spacial score (nSPS) is 22.1.